The Hall–Kier alpha value is -2.63. The zero-order chi connectivity index (χ0) is 19.1. The number of allylic oxidation sites excluding steroid dienone is 1. The Labute approximate surface area is 160 Å². The van der Waals surface area contributed by atoms with E-state index in [-0.39, 0.29) is 11.8 Å². The molecule has 1 N–H and O–H groups in total. The summed E-state index contributed by atoms with van der Waals surface area (Å²) < 4.78 is 2.00. The molecule has 0 radical (unpaired) electrons. The molecule has 144 valence electrons. The summed E-state index contributed by atoms with van der Waals surface area (Å²) in [6.07, 6.45) is 8.38. The number of amides is 2. The lowest BCUT2D eigenvalue weighted by atomic mass is 10.2. The highest BCUT2D eigenvalue weighted by molar-refractivity contribution is 5.87. The van der Waals surface area contributed by atoms with Crippen molar-refractivity contribution in [3.05, 3.63) is 42.2 Å². The number of rotatable bonds is 6. The van der Waals surface area contributed by atoms with Crippen LogP contribution < -0.4 is 5.32 Å². The van der Waals surface area contributed by atoms with Crippen LogP contribution >= 0.6 is 0 Å². The first-order valence-electron chi connectivity index (χ1n) is 9.81. The molecule has 1 saturated heterocycles. The number of nitrogens with one attached hydrogen (secondary N) is 1. The maximum atomic E-state index is 12.9. The summed E-state index contributed by atoms with van der Waals surface area (Å²) in [5.74, 6) is 0.875. The topological polar surface area (TPSA) is 67.2 Å². The quantitative estimate of drug-likeness (QED) is 0.797. The summed E-state index contributed by atoms with van der Waals surface area (Å²) in [5.41, 5.74) is 1.85. The van der Waals surface area contributed by atoms with Crippen molar-refractivity contribution in [2.75, 3.05) is 19.6 Å². The van der Waals surface area contributed by atoms with E-state index in [0.717, 1.165) is 42.8 Å². The Kier molecular flexibility index (Phi) is 6.63. The fourth-order valence-electron chi connectivity index (χ4n) is 3.56. The molecule has 3 rings (SSSR count). The first-order valence-corrected chi connectivity index (χ1v) is 9.81. The van der Waals surface area contributed by atoms with Crippen LogP contribution in [-0.4, -0.2) is 45.9 Å². The molecule has 1 aliphatic heterocycles. The summed E-state index contributed by atoms with van der Waals surface area (Å²) in [5, 5.41) is 2.85. The third-order valence-corrected chi connectivity index (χ3v) is 4.95. The zero-order valence-corrected chi connectivity index (χ0v) is 16.0. The average Bonchev–Trinajstić information content (AvgIpc) is 2.84. The number of likely N-dealkylation sites (tertiary alicyclic amines) is 1. The maximum Gasteiger partial charge on any atom is 0.243 e. The molecule has 0 atom stereocenters. The van der Waals surface area contributed by atoms with Gasteiger partial charge in [0.1, 0.15) is 12.4 Å². The van der Waals surface area contributed by atoms with Crippen molar-refractivity contribution in [2.45, 2.75) is 45.6 Å². The molecule has 1 aromatic heterocycles. The minimum Gasteiger partial charge on any atom is -0.352 e. The number of hydrogen-bond donors (Lipinski definition) is 1. The van der Waals surface area contributed by atoms with Crippen LogP contribution in [0.2, 0.25) is 0 Å². The standard InChI is InChI=1S/C21H28N4O2/c1-2-9-20(26)22-13-12-19-23-17-10-5-6-11-18(17)25(19)16-21(27)24-14-7-3-4-8-15-24/h2,5-6,9-11H,3-4,7-8,12-16H2,1H3,(H,22,26)/b9-2+. The summed E-state index contributed by atoms with van der Waals surface area (Å²) in [4.78, 5) is 31.2. The Morgan fingerprint density at radius 3 is 2.63 bits per heavy atom. The van der Waals surface area contributed by atoms with E-state index in [1.807, 2.05) is 40.7 Å². The minimum absolute atomic E-state index is 0.110. The van der Waals surface area contributed by atoms with Gasteiger partial charge in [0.05, 0.1) is 11.0 Å². The van der Waals surface area contributed by atoms with Gasteiger partial charge < -0.3 is 14.8 Å². The van der Waals surface area contributed by atoms with Crippen molar-refractivity contribution in [1.82, 2.24) is 19.8 Å². The van der Waals surface area contributed by atoms with Gasteiger partial charge in [0, 0.05) is 26.1 Å². The largest absolute Gasteiger partial charge is 0.352 e. The maximum absolute atomic E-state index is 12.9. The van der Waals surface area contributed by atoms with Crippen LogP contribution in [0.4, 0.5) is 0 Å². The average molecular weight is 368 g/mol. The summed E-state index contributed by atoms with van der Waals surface area (Å²) >= 11 is 0. The van der Waals surface area contributed by atoms with E-state index in [1.165, 1.54) is 18.9 Å². The highest BCUT2D eigenvalue weighted by Gasteiger charge is 2.19. The van der Waals surface area contributed by atoms with Gasteiger partial charge in [-0.1, -0.05) is 31.1 Å². The van der Waals surface area contributed by atoms with Crippen LogP contribution in [0.15, 0.2) is 36.4 Å². The number of benzene rings is 1. The van der Waals surface area contributed by atoms with E-state index < -0.39 is 0 Å². The molecule has 0 spiro atoms. The van der Waals surface area contributed by atoms with Gasteiger partial charge in [-0.2, -0.15) is 0 Å². The molecule has 2 heterocycles. The van der Waals surface area contributed by atoms with Crippen LogP contribution in [0.1, 0.15) is 38.4 Å². The molecule has 2 amide bonds. The van der Waals surface area contributed by atoms with Crippen molar-refractivity contribution < 1.29 is 9.59 Å². The van der Waals surface area contributed by atoms with Gasteiger partial charge in [-0.25, -0.2) is 4.98 Å². The lowest BCUT2D eigenvalue weighted by Crippen LogP contribution is -2.35. The van der Waals surface area contributed by atoms with Crippen LogP contribution in [0.3, 0.4) is 0 Å². The number of imidazole rings is 1. The fourth-order valence-corrected chi connectivity index (χ4v) is 3.56. The van der Waals surface area contributed by atoms with Gasteiger partial charge in [0.2, 0.25) is 11.8 Å². The predicted octanol–water partition coefficient (Wildman–Crippen LogP) is 2.67. The van der Waals surface area contributed by atoms with E-state index in [2.05, 4.69) is 5.32 Å². The molecule has 0 saturated carbocycles. The van der Waals surface area contributed by atoms with Crippen molar-refractivity contribution in [2.24, 2.45) is 0 Å². The van der Waals surface area contributed by atoms with E-state index in [1.54, 1.807) is 6.08 Å². The number of fused-ring (bicyclic) bond motifs is 1. The highest BCUT2D eigenvalue weighted by Crippen LogP contribution is 2.18. The highest BCUT2D eigenvalue weighted by atomic mass is 16.2. The Morgan fingerprint density at radius 2 is 1.89 bits per heavy atom. The van der Waals surface area contributed by atoms with Crippen molar-refractivity contribution in [3.8, 4) is 0 Å². The van der Waals surface area contributed by atoms with Crippen molar-refractivity contribution in [3.63, 3.8) is 0 Å². The van der Waals surface area contributed by atoms with Gasteiger partial charge in [0.15, 0.2) is 0 Å². The molecule has 1 aliphatic rings. The van der Waals surface area contributed by atoms with E-state index in [9.17, 15) is 9.59 Å². The van der Waals surface area contributed by atoms with Gasteiger partial charge in [0.25, 0.3) is 0 Å². The molecule has 2 aromatic rings. The van der Waals surface area contributed by atoms with E-state index in [4.69, 9.17) is 4.98 Å². The number of carbonyl (C=O) groups is 2. The predicted molar refractivity (Wildman–Crippen MR) is 106 cm³/mol. The minimum atomic E-state index is -0.110. The smallest absolute Gasteiger partial charge is 0.243 e. The van der Waals surface area contributed by atoms with Gasteiger partial charge >= 0.3 is 0 Å². The normalized spacial score (nSPS) is 15.2. The van der Waals surface area contributed by atoms with Gasteiger partial charge in [-0.05, 0) is 38.0 Å². The van der Waals surface area contributed by atoms with E-state index >= 15 is 0 Å². The summed E-state index contributed by atoms with van der Waals surface area (Å²) in [6.45, 7) is 4.30. The SMILES string of the molecule is C/C=C/C(=O)NCCc1nc2ccccc2n1CC(=O)N1CCCCCC1. The number of hydrogen-bond acceptors (Lipinski definition) is 3. The second-order valence-corrected chi connectivity index (χ2v) is 6.94. The van der Waals surface area contributed by atoms with Crippen molar-refractivity contribution in [1.29, 1.82) is 0 Å². The van der Waals surface area contributed by atoms with Gasteiger partial charge in [-0.3, -0.25) is 9.59 Å². The molecule has 0 bridgehead atoms. The molecule has 0 unspecified atom stereocenters. The molecule has 6 nitrogen and oxygen atoms in total. The summed E-state index contributed by atoms with van der Waals surface area (Å²) in [7, 11) is 0. The molecule has 1 fully saturated rings. The molecule has 27 heavy (non-hydrogen) atoms. The number of nitrogens with zero attached hydrogens (tertiary/aromatic N) is 3. The van der Waals surface area contributed by atoms with Gasteiger partial charge in [-0.15, -0.1) is 0 Å². The first-order chi connectivity index (χ1) is 13.2. The fraction of sp³-hybridized carbons (Fsp3) is 0.476. The molecule has 0 aliphatic carbocycles. The molecule has 1 aromatic carbocycles. The van der Waals surface area contributed by atoms with Crippen molar-refractivity contribution >= 4 is 22.8 Å². The van der Waals surface area contributed by atoms with Crippen LogP contribution in [0, 0.1) is 0 Å². The first kappa shape index (κ1) is 19.1. The number of para-hydroxylation sites is 2. The Bertz CT molecular complexity index is 817. The third-order valence-electron chi connectivity index (χ3n) is 4.95. The second-order valence-electron chi connectivity index (χ2n) is 6.94. The molecule has 6 heteroatoms. The Balaban J connectivity index is 1.75. The lowest BCUT2D eigenvalue weighted by Gasteiger charge is -2.21. The third kappa shape index (κ3) is 4.96. The number of carbonyl (C=O) groups excluding carboxylic acids is 2. The lowest BCUT2D eigenvalue weighted by molar-refractivity contribution is -0.131. The monoisotopic (exact) mass is 368 g/mol. The Morgan fingerprint density at radius 1 is 1.15 bits per heavy atom. The van der Waals surface area contributed by atoms with Crippen LogP contribution in [-0.2, 0) is 22.6 Å². The second kappa shape index (κ2) is 9.35. The van der Waals surface area contributed by atoms with Crippen LogP contribution in [0.5, 0.6) is 0 Å². The number of aromatic nitrogens is 2. The summed E-state index contributed by atoms with van der Waals surface area (Å²) in [6, 6.07) is 7.88. The van der Waals surface area contributed by atoms with Crippen LogP contribution in [0.25, 0.3) is 11.0 Å². The zero-order valence-electron chi connectivity index (χ0n) is 16.0. The molecular weight excluding hydrogens is 340 g/mol. The van der Waals surface area contributed by atoms with E-state index in [0.29, 0.717) is 19.5 Å². The molecular formula is C21H28N4O2.